The van der Waals surface area contributed by atoms with Gasteiger partial charge < -0.3 is 41.1 Å². The van der Waals surface area contributed by atoms with Crippen LogP contribution >= 0.6 is 0 Å². The number of unbranched alkanes of at least 4 members (excludes halogenated alkanes) is 2. The van der Waals surface area contributed by atoms with Crippen LogP contribution in [0, 0.1) is 13.8 Å². The summed E-state index contributed by atoms with van der Waals surface area (Å²) in [5.74, 6) is -5.85. The molecule has 2 heterocycles. The second-order valence-corrected chi connectivity index (χ2v) is 21.8. The number of carboxylic acid groups (broad SMARTS) is 4. The van der Waals surface area contributed by atoms with E-state index in [2.05, 4.69) is 16.0 Å². The number of carbonyl (C=O) groups excluding carboxylic acids is 3. The molecule has 0 spiro atoms. The van der Waals surface area contributed by atoms with Crippen LogP contribution in [0.3, 0.4) is 0 Å². The minimum absolute atomic E-state index is 0.0114. The lowest BCUT2D eigenvalue weighted by Gasteiger charge is -2.40. The van der Waals surface area contributed by atoms with Crippen molar-refractivity contribution in [2.45, 2.75) is 109 Å². The van der Waals surface area contributed by atoms with Crippen LogP contribution in [-0.2, 0) is 52.7 Å². The summed E-state index contributed by atoms with van der Waals surface area (Å²) < 4.78 is 51.3. The van der Waals surface area contributed by atoms with Gasteiger partial charge in [0.1, 0.15) is 17.8 Å². The summed E-state index contributed by atoms with van der Waals surface area (Å²) in [6, 6.07) is 23.7. The fourth-order valence-corrected chi connectivity index (χ4v) is 10.6. The van der Waals surface area contributed by atoms with Crippen LogP contribution in [0.5, 0.6) is 5.75 Å². The first kappa shape index (κ1) is 66.4. The number of likely N-dealkylation sites (tertiary alicyclic amines) is 1. The molecule has 2 saturated heterocycles. The lowest BCUT2D eigenvalue weighted by atomic mass is 9.95. The molecule has 7 N–H and O–H groups in total. The number of hydrogen-bond donors (Lipinski definition) is 7. The number of amides is 3. The standard InChI is InChI=1S/C62H79F3N8O12/c1-43-22-24-45(25-23-43)14-12-21-55(74)66-28-8-6-19-52(68-56(75)35-69-39-70(36-57(76)77)41-72(38-59(80)81)42-71(40-69)37-58(78)79)60(82)67-29-9-11-31-85-54-33-48(27-26-46-17-13-18-50(44(46)2)47-15-4-3-5-16-47)51(62(63,64)65)32-49(54)34-73-30-10-7-20-53(73)61(83)84/h3-5,13,15-18,22-27,32-33,52-53H,6-12,14,19-21,28-31,34-42H2,1-2H3,(H,66,74)(H,67,82)(H,68,75)(H,76,77)(H,78,79)(H,80,81)(H,83,84)/b27-26+/t52-,53-/m0/s1. The predicted octanol–water partition coefficient (Wildman–Crippen LogP) is 6.97. The van der Waals surface area contributed by atoms with Crippen molar-refractivity contribution < 1.29 is 71.9 Å². The maximum Gasteiger partial charge on any atom is 0.417 e. The summed E-state index contributed by atoms with van der Waals surface area (Å²) in [7, 11) is 0. The summed E-state index contributed by atoms with van der Waals surface area (Å²) in [6.45, 7) is 1.96. The Labute approximate surface area is 493 Å². The molecular weight excluding hydrogens is 1110 g/mol. The van der Waals surface area contributed by atoms with E-state index < -0.39 is 85.7 Å². The molecule has 0 aromatic heterocycles. The third-order valence-corrected chi connectivity index (χ3v) is 14.8. The number of nitrogens with one attached hydrogen (secondary N) is 3. The molecule has 2 aliphatic rings. The van der Waals surface area contributed by atoms with Crippen molar-refractivity contribution in [1.29, 1.82) is 0 Å². The summed E-state index contributed by atoms with van der Waals surface area (Å²) in [5.41, 5.74) is 4.85. The zero-order valence-electron chi connectivity index (χ0n) is 48.3. The first-order valence-electron chi connectivity index (χ1n) is 28.7. The number of nitrogens with zero attached hydrogens (tertiary/aromatic N) is 5. The fourth-order valence-electron chi connectivity index (χ4n) is 10.6. The van der Waals surface area contributed by atoms with Crippen LogP contribution < -0.4 is 20.7 Å². The SMILES string of the molecule is Cc1ccc(CCCC(=O)NCCCC[C@H](NC(=O)CN2CN(CC(=O)O)CN(CC(=O)O)CN(CC(=O)O)C2)C(=O)NCCCCOc2cc(/C=C/c3cccc(-c4ccccc4)c3C)c(C(F)(F)F)cc2CN2CCCC[C@H]2C(=O)O)cc1. The third-order valence-electron chi connectivity index (χ3n) is 14.8. The summed E-state index contributed by atoms with van der Waals surface area (Å²) >= 11 is 0. The molecule has 23 heteroatoms. The molecule has 6 rings (SSSR count). The highest BCUT2D eigenvalue weighted by atomic mass is 19.4. The van der Waals surface area contributed by atoms with Crippen LogP contribution in [0.15, 0.2) is 84.9 Å². The quantitative estimate of drug-likeness (QED) is 0.0198. The summed E-state index contributed by atoms with van der Waals surface area (Å²) in [6.07, 6.45) is 3.33. The number of carboxylic acids is 4. The number of halogens is 3. The molecule has 20 nitrogen and oxygen atoms in total. The molecule has 4 aromatic rings. The van der Waals surface area contributed by atoms with Gasteiger partial charge in [0.25, 0.3) is 0 Å². The molecular formula is C62H79F3N8O12. The molecule has 0 aliphatic carbocycles. The van der Waals surface area contributed by atoms with E-state index in [1.165, 1.54) is 31.7 Å². The third kappa shape index (κ3) is 22.3. The Balaban J connectivity index is 1.13. The van der Waals surface area contributed by atoms with Crippen molar-refractivity contribution in [2.75, 3.05) is 79.1 Å². The van der Waals surface area contributed by atoms with E-state index in [0.717, 1.165) is 40.3 Å². The molecule has 4 aromatic carbocycles. The largest absolute Gasteiger partial charge is 0.493 e. The van der Waals surface area contributed by atoms with Crippen LogP contribution in [0.4, 0.5) is 13.2 Å². The number of aryl methyl sites for hydroxylation is 2. The number of alkyl halides is 3. The average molecular weight is 1190 g/mol. The van der Waals surface area contributed by atoms with Gasteiger partial charge in [0, 0.05) is 31.6 Å². The second-order valence-electron chi connectivity index (χ2n) is 21.8. The topological polar surface area (TPSA) is 262 Å². The molecule has 0 radical (unpaired) electrons. The van der Waals surface area contributed by atoms with Gasteiger partial charge in [-0.05, 0) is 124 Å². The molecule has 2 atom stereocenters. The van der Waals surface area contributed by atoms with Gasteiger partial charge in [0.15, 0.2) is 0 Å². The Morgan fingerprint density at radius 1 is 0.671 bits per heavy atom. The van der Waals surface area contributed by atoms with E-state index in [0.29, 0.717) is 76.4 Å². The molecule has 0 unspecified atom stereocenters. The first-order valence-corrected chi connectivity index (χ1v) is 28.7. The van der Waals surface area contributed by atoms with Gasteiger partial charge in [0.2, 0.25) is 17.7 Å². The van der Waals surface area contributed by atoms with Crippen molar-refractivity contribution in [3.63, 3.8) is 0 Å². The van der Waals surface area contributed by atoms with Crippen molar-refractivity contribution in [3.8, 4) is 16.9 Å². The fraction of sp³-hybridized carbons (Fsp3) is 0.468. The second kappa shape index (κ2) is 33.1. The van der Waals surface area contributed by atoms with Gasteiger partial charge in [-0.2, -0.15) is 13.2 Å². The van der Waals surface area contributed by atoms with E-state index >= 15 is 13.2 Å². The smallest absolute Gasteiger partial charge is 0.417 e. The Morgan fingerprint density at radius 2 is 1.28 bits per heavy atom. The summed E-state index contributed by atoms with van der Waals surface area (Å²) in [5, 5.41) is 47.4. The van der Waals surface area contributed by atoms with E-state index in [9.17, 15) is 54.0 Å². The molecule has 0 saturated carbocycles. The van der Waals surface area contributed by atoms with Crippen molar-refractivity contribution in [3.05, 3.63) is 124 Å². The molecule has 460 valence electrons. The zero-order chi connectivity index (χ0) is 61.5. The first-order chi connectivity index (χ1) is 40.6. The number of aliphatic carboxylic acids is 4. The normalized spacial score (nSPS) is 16.3. The lowest BCUT2D eigenvalue weighted by molar-refractivity contribution is -0.147. The number of carbonyl (C=O) groups is 7. The number of piperidine rings is 1. The predicted molar refractivity (Wildman–Crippen MR) is 313 cm³/mol. The van der Waals surface area contributed by atoms with Crippen LogP contribution in [0.1, 0.15) is 103 Å². The highest BCUT2D eigenvalue weighted by Gasteiger charge is 2.36. The van der Waals surface area contributed by atoms with Gasteiger partial charge in [-0.15, -0.1) is 0 Å². The zero-order valence-corrected chi connectivity index (χ0v) is 48.3. The van der Waals surface area contributed by atoms with E-state index in [-0.39, 0.29) is 75.6 Å². The van der Waals surface area contributed by atoms with Gasteiger partial charge in [-0.1, -0.05) is 96.9 Å². The van der Waals surface area contributed by atoms with Gasteiger partial charge in [-0.3, -0.25) is 58.1 Å². The molecule has 2 fully saturated rings. The summed E-state index contributed by atoms with van der Waals surface area (Å²) in [4.78, 5) is 95.5. The number of hydrogen-bond acceptors (Lipinski definition) is 13. The molecule has 3 amide bonds. The lowest BCUT2D eigenvalue weighted by Crippen LogP contribution is -2.58. The Hall–Kier alpha value is -7.70. The highest BCUT2D eigenvalue weighted by Crippen LogP contribution is 2.39. The minimum atomic E-state index is -4.78. The average Bonchev–Trinajstić information content (AvgIpc) is 3.60. The maximum atomic E-state index is 15.0. The van der Waals surface area contributed by atoms with E-state index in [1.54, 1.807) is 11.0 Å². The highest BCUT2D eigenvalue weighted by molar-refractivity contribution is 5.88. The monoisotopic (exact) mass is 1180 g/mol. The molecule has 0 bridgehead atoms. The van der Waals surface area contributed by atoms with E-state index in [4.69, 9.17) is 4.74 Å². The number of benzene rings is 4. The van der Waals surface area contributed by atoms with Gasteiger partial charge in [0.05, 0.1) is 65.0 Å². The Kier molecular flexibility index (Phi) is 25.9. The van der Waals surface area contributed by atoms with Crippen molar-refractivity contribution >= 4 is 53.8 Å². The van der Waals surface area contributed by atoms with Crippen LogP contribution in [0.25, 0.3) is 23.3 Å². The van der Waals surface area contributed by atoms with E-state index in [1.807, 2.05) is 86.6 Å². The van der Waals surface area contributed by atoms with Gasteiger partial charge in [-0.25, -0.2) is 0 Å². The maximum absolute atomic E-state index is 15.0. The van der Waals surface area contributed by atoms with Crippen LogP contribution in [-0.4, -0.2) is 178 Å². The molecule has 2 aliphatic heterocycles. The van der Waals surface area contributed by atoms with Crippen molar-refractivity contribution in [2.24, 2.45) is 0 Å². The molecule has 85 heavy (non-hydrogen) atoms. The minimum Gasteiger partial charge on any atom is -0.493 e. The number of ether oxygens (including phenoxy) is 1. The van der Waals surface area contributed by atoms with Crippen LogP contribution in [0.2, 0.25) is 0 Å². The Bertz CT molecular complexity index is 2900. The van der Waals surface area contributed by atoms with Gasteiger partial charge >= 0.3 is 30.1 Å². The number of rotatable bonds is 31. The van der Waals surface area contributed by atoms with Crippen molar-refractivity contribution in [1.82, 2.24) is 40.4 Å². The Morgan fingerprint density at radius 3 is 1.91 bits per heavy atom.